The molecule has 6 heteroatoms. The lowest BCUT2D eigenvalue weighted by atomic mass is 10.1. The zero-order valence-corrected chi connectivity index (χ0v) is 16.1. The van der Waals surface area contributed by atoms with Gasteiger partial charge in [-0.2, -0.15) is 0 Å². The quantitative estimate of drug-likeness (QED) is 0.725. The minimum Gasteiger partial charge on any atom is -0.492 e. The molecule has 0 heterocycles. The molecule has 0 saturated heterocycles. The molecule has 0 atom stereocenters. The summed E-state index contributed by atoms with van der Waals surface area (Å²) in [6.45, 7) is 4.31. The number of nitrogens with zero attached hydrogens (tertiary/aromatic N) is 2. The first-order valence-electron chi connectivity index (χ1n) is 8.19. The van der Waals surface area contributed by atoms with Crippen LogP contribution in [0.5, 0.6) is 5.75 Å². The first-order valence-corrected chi connectivity index (χ1v) is 9.63. The number of likely N-dealkylation sites (N-methyl/N-ethyl adjacent to an activating group) is 1. The first-order chi connectivity index (χ1) is 11.8. The average Bonchev–Trinajstić information content (AvgIpc) is 2.57. The van der Waals surface area contributed by atoms with Crippen molar-refractivity contribution in [3.05, 3.63) is 59.7 Å². The molecule has 2 aromatic carbocycles. The van der Waals surface area contributed by atoms with Crippen molar-refractivity contribution in [1.29, 1.82) is 0 Å². The summed E-state index contributed by atoms with van der Waals surface area (Å²) >= 11 is 0. The van der Waals surface area contributed by atoms with Crippen LogP contribution in [0.15, 0.2) is 53.4 Å². The lowest BCUT2D eigenvalue weighted by Gasteiger charge is -2.18. The fraction of sp³-hybridized carbons (Fsp3) is 0.368. The predicted octanol–water partition coefficient (Wildman–Crippen LogP) is 2.76. The summed E-state index contributed by atoms with van der Waals surface area (Å²) in [6, 6.07) is 14.9. The maximum absolute atomic E-state index is 12.0. The van der Waals surface area contributed by atoms with E-state index in [1.165, 1.54) is 29.5 Å². The van der Waals surface area contributed by atoms with Crippen LogP contribution in [0.2, 0.25) is 0 Å². The number of hydrogen-bond acceptors (Lipinski definition) is 4. The Balaban J connectivity index is 1.85. The van der Waals surface area contributed by atoms with Gasteiger partial charge in [-0.25, -0.2) is 12.7 Å². The fourth-order valence-corrected chi connectivity index (χ4v) is 3.30. The van der Waals surface area contributed by atoms with Crippen LogP contribution >= 0.6 is 0 Å². The van der Waals surface area contributed by atoms with E-state index in [9.17, 15) is 8.42 Å². The predicted molar refractivity (Wildman–Crippen MR) is 100 cm³/mol. The summed E-state index contributed by atoms with van der Waals surface area (Å²) in [5.74, 6) is 0.669. The van der Waals surface area contributed by atoms with Gasteiger partial charge in [-0.3, -0.25) is 4.90 Å². The Morgan fingerprint density at radius 1 is 0.960 bits per heavy atom. The largest absolute Gasteiger partial charge is 0.492 e. The van der Waals surface area contributed by atoms with E-state index in [1.54, 1.807) is 24.3 Å². The van der Waals surface area contributed by atoms with Gasteiger partial charge in [0.05, 0.1) is 4.90 Å². The maximum Gasteiger partial charge on any atom is 0.242 e. The van der Waals surface area contributed by atoms with Crippen molar-refractivity contribution in [1.82, 2.24) is 9.21 Å². The summed E-state index contributed by atoms with van der Waals surface area (Å²) < 4.78 is 31.0. The fourth-order valence-electron chi connectivity index (χ4n) is 2.40. The van der Waals surface area contributed by atoms with Crippen LogP contribution in [0.25, 0.3) is 0 Å². The van der Waals surface area contributed by atoms with Crippen LogP contribution in [-0.2, 0) is 16.6 Å². The van der Waals surface area contributed by atoms with Gasteiger partial charge < -0.3 is 4.74 Å². The molecule has 0 aliphatic carbocycles. The Labute approximate surface area is 150 Å². The summed E-state index contributed by atoms with van der Waals surface area (Å²) in [5.41, 5.74) is 2.59. The second-order valence-corrected chi connectivity index (χ2v) is 8.42. The van der Waals surface area contributed by atoms with E-state index in [2.05, 4.69) is 37.1 Å². The molecule has 2 rings (SSSR count). The van der Waals surface area contributed by atoms with Crippen LogP contribution < -0.4 is 4.74 Å². The zero-order valence-electron chi connectivity index (χ0n) is 15.3. The van der Waals surface area contributed by atoms with Crippen LogP contribution in [0, 0.1) is 6.92 Å². The highest BCUT2D eigenvalue weighted by Gasteiger charge is 2.16. The van der Waals surface area contributed by atoms with E-state index in [4.69, 9.17) is 4.74 Å². The smallest absolute Gasteiger partial charge is 0.242 e. The van der Waals surface area contributed by atoms with Crippen LogP contribution in [0.3, 0.4) is 0 Å². The molecule has 0 unspecified atom stereocenters. The lowest BCUT2D eigenvalue weighted by molar-refractivity contribution is 0.232. The molecule has 0 amide bonds. The van der Waals surface area contributed by atoms with Crippen molar-refractivity contribution in [3.8, 4) is 5.75 Å². The molecular formula is C19H26N2O3S. The van der Waals surface area contributed by atoms with E-state index in [0.29, 0.717) is 12.4 Å². The summed E-state index contributed by atoms with van der Waals surface area (Å²) in [7, 11) is 1.70. The molecule has 0 bridgehead atoms. The maximum atomic E-state index is 12.0. The molecule has 0 aliphatic rings. The van der Waals surface area contributed by atoms with Crippen LogP contribution in [-0.4, -0.2) is 51.9 Å². The van der Waals surface area contributed by atoms with Crippen molar-refractivity contribution in [2.75, 3.05) is 34.3 Å². The molecule has 0 spiro atoms. The molecule has 0 aromatic heterocycles. The number of sulfonamides is 1. The molecular weight excluding hydrogens is 336 g/mol. The third-order valence-corrected chi connectivity index (χ3v) is 5.87. The Hall–Kier alpha value is -1.89. The number of rotatable bonds is 8. The third kappa shape index (κ3) is 5.29. The monoisotopic (exact) mass is 362 g/mol. The number of ether oxygens (including phenoxy) is 1. The summed E-state index contributed by atoms with van der Waals surface area (Å²) in [4.78, 5) is 2.47. The van der Waals surface area contributed by atoms with Crippen molar-refractivity contribution in [2.45, 2.75) is 18.4 Å². The second-order valence-electron chi connectivity index (χ2n) is 6.27. The van der Waals surface area contributed by atoms with Gasteiger partial charge in [0, 0.05) is 27.2 Å². The minimum atomic E-state index is -3.40. The Morgan fingerprint density at radius 2 is 1.60 bits per heavy atom. The highest BCUT2D eigenvalue weighted by atomic mass is 32.2. The van der Waals surface area contributed by atoms with Crippen molar-refractivity contribution < 1.29 is 13.2 Å². The average molecular weight is 362 g/mol. The highest BCUT2D eigenvalue weighted by molar-refractivity contribution is 7.89. The molecule has 25 heavy (non-hydrogen) atoms. The third-order valence-electron chi connectivity index (χ3n) is 4.05. The second kappa shape index (κ2) is 8.47. The number of aryl methyl sites for hydroxylation is 1. The zero-order chi connectivity index (χ0) is 18.4. The van der Waals surface area contributed by atoms with Crippen molar-refractivity contribution in [2.24, 2.45) is 0 Å². The van der Waals surface area contributed by atoms with Gasteiger partial charge >= 0.3 is 0 Å². The molecule has 0 aliphatic heterocycles. The van der Waals surface area contributed by atoms with Gasteiger partial charge in [0.15, 0.2) is 0 Å². The Kier molecular flexibility index (Phi) is 6.58. The molecule has 0 N–H and O–H groups in total. The Morgan fingerprint density at radius 3 is 2.20 bits per heavy atom. The van der Waals surface area contributed by atoms with Gasteiger partial charge in [0.25, 0.3) is 0 Å². The van der Waals surface area contributed by atoms with Gasteiger partial charge in [-0.1, -0.05) is 24.3 Å². The van der Waals surface area contributed by atoms with Gasteiger partial charge in [-0.15, -0.1) is 0 Å². The topological polar surface area (TPSA) is 49.9 Å². The normalized spacial score (nSPS) is 11.9. The van der Waals surface area contributed by atoms with Crippen molar-refractivity contribution in [3.63, 3.8) is 0 Å². The minimum absolute atomic E-state index is 0.265. The number of hydrogen-bond donors (Lipinski definition) is 0. The van der Waals surface area contributed by atoms with Crippen LogP contribution in [0.4, 0.5) is 0 Å². The first kappa shape index (κ1) is 19.4. The Bertz CT molecular complexity index is 787. The molecule has 0 saturated carbocycles. The number of benzene rings is 2. The molecule has 0 radical (unpaired) electrons. The lowest BCUT2D eigenvalue weighted by Crippen LogP contribution is -2.24. The standard InChI is InChI=1S/C19H26N2O3S/c1-16-7-5-6-8-17(16)15-21(4)13-14-24-18-9-11-19(12-10-18)25(22,23)20(2)3/h5-12H,13-15H2,1-4H3. The van der Waals surface area contributed by atoms with E-state index in [0.717, 1.165) is 13.1 Å². The van der Waals surface area contributed by atoms with E-state index < -0.39 is 10.0 Å². The van der Waals surface area contributed by atoms with Gasteiger partial charge in [0.2, 0.25) is 10.0 Å². The summed E-state index contributed by atoms with van der Waals surface area (Å²) in [5, 5.41) is 0. The summed E-state index contributed by atoms with van der Waals surface area (Å²) in [6.07, 6.45) is 0. The molecule has 2 aromatic rings. The van der Waals surface area contributed by atoms with E-state index in [-0.39, 0.29) is 4.90 Å². The molecule has 0 fully saturated rings. The van der Waals surface area contributed by atoms with Gasteiger partial charge in [0.1, 0.15) is 12.4 Å². The van der Waals surface area contributed by atoms with E-state index >= 15 is 0 Å². The van der Waals surface area contributed by atoms with Crippen molar-refractivity contribution >= 4 is 10.0 Å². The molecule has 136 valence electrons. The highest BCUT2D eigenvalue weighted by Crippen LogP contribution is 2.18. The van der Waals surface area contributed by atoms with E-state index in [1.807, 2.05) is 6.07 Å². The van der Waals surface area contributed by atoms with Gasteiger partial charge in [-0.05, 0) is 49.4 Å². The van der Waals surface area contributed by atoms with Crippen LogP contribution in [0.1, 0.15) is 11.1 Å². The SMILES string of the molecule is Cc1ccccc1CN(C)CCOc1ccc(S(=O)(=O)N(C)C)cc1. The molecule has 5 nitrogen and oxygen atoms in total.